The van der Waals surface area contributed by atoms with Crippen LogP contribution in [0.15, 0.2) is 47.3 Å². The van der Waals surface area contributed by atoms with Gasteiger partial charge in [0.1, 0.15) is 17.2 Å². The van der Waals surface area contributed by atoms with Crippen LogP contribution in [0.5, 0.6) is 17.2 Å². The first-order valence-corrected chi connectivity index (χ1v) is 12.4. The third kappa shape index (κ3) is 5.10. The molecule has 2 aromatic carbocycles. The molecule has 0 radical (unpaired) electrons. The zero-order valence-electron chi connectivity index (χ0n) is 22.3. The van der Waals surface area contributed by atoms with Crippen molar-refractivity contribution in [3.8, 4) is 28.5 Å². The molecule has 0 amide bonds. The lowest BCUT2D eigenvalue weighted by molar-refractivity contribution is 0.0690. The summed E-state index contributed by atoms with van der Waals surface area (Å²) in [6.07, 6.45) is 1.03. The molecule has 0 spiro atoms. The van der Waals surface area contributed by atoms with Gasteiger partial charge in [0.25, 0.3) is 5.56 Å². The molecule has 38 heavy (non-hydrogen) atoms. The Morgan fingerprint density at radius 2 is 1.84 bits per heavy atom. The number of nitrogens with one attached hydrogen (secondary N) is 1. The van der Waals surface area contributed by atoms with E-state index in [9.17, 15) is 19.8 Å². The number of hydrogen-bond acceptors (Lipinski definition) is 6. The molecule has 0 aliphatic rings. The number of H-pyrrole nitrogens is 1. The predicted octanol–water partition coefficient (Wildman–Crippen LogP) is 4.48. The summed E-state index contributed by atoms with van der Waals surface area (Å²) in [5.74, 6) is -0.868. The molecular weight excluding hydrogens is 486 g/mol. The standard InChI is InChI=1S/C29H33N3O6/c1-6-7-22-26(17-9-11-23-19(12-17)13-20(30-23)16-31(2)3)32(28(34)25(27(22)33)29(35)36)15-18-8-10-21(37-4)14-24(18)38-5/h8-14,30,33H,6-7,15-16H2,1-5H3,(H,35,36). The van der Waals surface area contributed by atoms with Gasteiger partial charge in [0.2, 0.25) is 0 Å². The van der Waals surface area contributed by atoms with Gasteiger partial charge in [-0.15, -0.1) is 0 Å². The lowest BCUT2D eigenvalue weighted by atomic mass is 9.97. The molecule has 200 valence electrons. The summed E-state index contributed by atoms with van der Waals surface area (Å²) in [4.78, 5) is 31.2. The van der Waals surface area contributed by atoms with Crippen LogP contribution in [-0.2, 0) is 19.5 Å². The minimum Gasteiger partial charge on any atom is -0.506 e. The van der Waals surface area contributed by atoms with E-state index in [0.29, 0.717) is 46.7 Å². The van der Waals surface area contributed by atoms with Crippen LogP contribution in [0, 0.1) is 0 Å². The highest BCUT2D eigenvalue weighted by molar-refractivity contribution is 5.93. The molecule has 0 aliphatic heterocycles. The second-order valence-corrected chi connectivity index (χ2v) is 9.51. The van der Waals surface area contributed by atoms with Gasteiger partial charge < -0.3 is 34.1 Å². The van der Waals surface area contributed by atoms with E-state index >= 15 is 0 Å². The molecule has 2 aromatic heterocycles. The van der Waals surface area contributed by atoms with E-state index in [4.69, 9.17) is 9.47 Å². The summed E-state index contributed by atoms with van der Waals surface area (Å²) < 4.78 is 12.3. The van der Waals surface area contributed by atoms with Gasteiger partial charge in [-0.25, -0.2) is 4.79 Å². The first-order chi connectivity index (χ1) is 18.2. The van der Waals surface area contributed by atoms with E-state index in [-0.39, 0.29) is 6.54 Å². The number of pyridine rings is 1. The fraction of sp³-hybridized carbons (Fsp3) is 0.310. The molecule has 3 N–H and O–H groups in total. The maximum atomic E-state index is 13.6. The van der Waals surface area contributed by atoms with Crippen molar-refractivity contribution >= 4 is 16.9 Å². The maximum Gasteiger partial charge on any atom is 0.345 e. The van der Waals surface area contributed by atoms with Gasteiger partial charge in [-0.05, 0) is 56.4 Å². The summed E-state index contributed by atoms with van der Waals surface area (Å²) in [5, 5.41) is 21.8. The van der Waals surface area contributed by atoms with E-state index in [1.165, 1.54) is 11.7 Å². The molecule has 0 unspecified atom stereocenters. The minimum absolute atomic E-state index is 0.0374. The van der Waals surface area contributed by atoms with E-state index in [1.54, 1.807) is 25.3 Å². The van der Waals surface area contributed by atoms with Gasteiger partial charge in [0, 0.05) is 40.3 Å². The van der Waals surface area contributed by atoms with Gasteiger partial charge in [0.05, 0.1) is 26.5 Å². The molecule has 0 aliphatic carbocycles. The molecule has 0 atom stereocenters. The Bertz CT molecular complexity index is 1550. The highest BCUT2D eigenvalue weighted by Gasteiger charge is 2.27. The van der Waals surface area contributed by atoms with Gasteiger partial charge in [0.15, 0.2) is 5.56 Å². The molecule has 9 heteroatoms. The SMILES string of the molecule is CCCc1c(O)c(C(=O)O)c(=O)n(Cc2ccc(OC)cc2OC)c1-c1ccc2[nH]c(CN(C)C)cc2c1. The highest BCUT2D eigenvalue weighted by atomic mass is 16.5. The second kappa shape index (κ2) is 11.0. The van der Waals surface area contributed by atoms with Gasteiger partial charge in [-0.1, -0.05) is 19.4 Å². The number of fused-ring (bicyclic) bond motifs is 1. The minimum atomic E-state index is -1.47. The number of aromatic nitrogens is 2. The van der Waals surface area contributed by atoms with Gasteiger partial charge >= 0.3 is 5.97 Å². The maximum absolute atomic E-state index is 13.6. The van der Waals surface area contributed by atoms with Crippen molar-refractivity contribution in [2.75, 3.05) is 28.3 Å². The molecule has 4 rings (SSSR count). The number of benzene rings is 2. The van der Waals surface area contributed by atoms with Crippen molar-refractivity contribution in [3.63, 3.8) is 0 Å². The zero-order valence-corrected chi connectivity index (χ0v) is 22.3. The number of carboxylic acids is 1. The first kappa shape index (κ1) is 26.8. The van der Waals surface area contributed by atoms with Crippen LogP contribution in [0.25, 0.3) is 22.2 Å². The number of rotatable bonds is 10. The number of aromatic carboxylic acids is 1. The molecule has 0 bridgehead atoms. The smallest absolute Gasteiger partial charge is 0.345 e. The second-order valence-electron chi connectivity index (χ2n) is 9.51. The monoisotopic (exact) mass is 519 g/mol. The lowest BCUT2D eigenvalue weighted by Crippen LogP contribution is -2.30. The average molecular weight is 520 g/mol. The summed E-state index contributed by atoms with van der Waals surface area (Å²) >= 11 is 0. The summed E-state index contributed by atoms with van der Waals surface area (Å²) in [5.41, 5.74) is 2.83. The van der Waals surface area contributed by atoms with E-state index in [2.05, 4.69) is 16.0 Å². The Morgan fingerprint density at radius 3 is 2.47 bits per heavy atom. The van der Waals surface area contributed by atoms with Crippen LogP contribution in [-0.4, -0.2) is 58.9 Å². The number of aromatic amines is 1. The molecule has 0 fully saturated rings. The Balaban J connectivity index is 2.00. The highest BCUT2D eigenvalue weighted by Crippen LogP contribution is 2.35. The average Bonchev–Trinajstić information content (AvgIpc) is 3.27. The Hall–Kier alpha value is -4.24. The van der Waals surface area contributed by atoms with Crippen molar-refractivity contribution in [2.24, 2.45) is 0 Å². The molecule has 2 heterocycles. The van der Waals surface area contributed by atoms with Crippen molar-refractivity contribution in [2.45, 2.75) is 32.9 Å². The molecule has 0 saturated carbocycles. The van der Waals surface area contributed by atoms with E-state index in [0.717, 1.165) is 23.1 Å². The molecule has 0 saturated heterocycles. The molecule has 4 aromatic rings. The molecular formula is C29H33N3O6. The summed E-state index contributed by atoms with van der Waals surface area (Å²) in [6, 6.07) is 13.1. The lowest BCUT2D eigenvalue weighted by Gasteiger charge is -2.21. The third-order valence-corrected chi connectivity index (χ3v) is 6.51. The zero-order chi connectivity index (χ0) is 27.6. The van der Waals surface area contributed by atoms with Crippen LogP contribution in [0.1, 0.15) is 40.5 Å². The Morgan fingerprint density at radius 1 is 1.08 bits per heavy atom. The fourth-order valence-corrected chi connectivity index (χ4v) is 4.84. The van der Waals surface area contributed by atoms with Crippen molar-refractivity contribution in [1.29, 1.82) is 0 Å². The van der Waals surface area contributed by atoms with E-state index in [1.807, 2.05) is 39.2 Å². The van der Waals surface area contributed by atoms with Crippen LogP contribution < -0.4 is 15.0 Å². The third-order valence-electron chi connectivity index (χ3n) is 6.51. The normalized spacial score (nSPS) is 11.3. The van der Waals surface area contributed by atoms with Crippen LogP contribution >= 0.6 is 0 Å². The first-order valence-electron chi connectivity index (χ1n) is 12.4. The van der Waals surface area contributed by atoms with Crippen LogP contribution in [0.3, 0.4) is 0 Å². The Labute approximate surface area is 220 Å². The quantitative estimate of drug-likeness (QED) is 0.283. The fourth-order valence-electron chi connectivity index (χ4n) is 4.84. The predicted molar refractivity (Wildman–Crippen MR) is 147 cm³/mol. The number of hydrogen-bond donors (Lipinski definition) is 3. The Kier molecular flexibility index (Phi) is 7.78. The molecule has 9 nitrogen and oxygen atoms in total. The summed E-state index contributed by atoms with van der Waals surface area (Å²) in [6.45, 7) is 2.71. The number of carboxylic acid groups (broad SMARTS) is 1. The number of nitrogens with zero attached hydrogens (tertiary/aromatic N) is 2. The van der Waals surface area contributed by atoms with Crippen LogP contribution in [0.2, 0.25) is 0 Å². The van der Waals surface area contributed by atoms with Crippen molar-refractivity contribution in [1.82, 2.24) is 14.5 Å². The van der Waals surface area contributed by atoms with Crippen LogP contribution in [0.4, 0.5) is 0 Å². The van der Waals surface area contributed by atoms with Crippen molar-refractivity contribution < 1.29 is 24.5 Å². The topological polar surface area (TPSA) is 117 Å². The number of carbonyl (C=O) groups is 1. The van der Waals surface area contributed by atoms with Gasteiger partial charge in [-0.3, -0.25) is 4.79 Å². The van der Waals surface area contributed by atoms with Gasteiger partial charge in [-0.2, -0.15) is 0 Å². The summed E-state index contributed by atoms with van der Waals surface area (Å²) in [7, 11) is 7.06. The number of ether oxygens (including phenoxy) is 2. The largest absolute Gasteiger partial charge is 0.506 e. The van der Waals surface area contributed by atoms with E-state index < -0.39 is 22.8 Å². The number of methoxy groups -OCH3 is 2. The number of aromatic hydroxyl groups is 1. The van der Waals surface area contributed by atoms with Crippen molar-refractivity contribution in [3.05, 3.63) is 75.2 Å².